The minimum atomic E-state index is -3.21. The summed E-state index contributed by atoms with van der Waals surface area (Å²) in [7, 11) is 0. The van der Waals surface area contributed by atoms with Gasteiger partial charge in [0, 0.05) is 18.1 Å². The number of alkyl halides is 2. The van der Waals surface area contributed by atoms with Crippen molar-refractivity contribution in [2.45, 2.75) is 38.8 Å². The Bertz CT molecular complexity index is 741. The number of rotatable bonds is 6. The number of hydrogen-bond acceptors (Lipinski definition) is 4. The monoisotopic (exact) mass is 367 g/mol. The minimum absolute atomic E-state index is 0.0850. The second-order valence-electron chi connectivity index (χ2n) is 5.60. The van der Waals surface area contributed by atoms with E-state index in [-0.39, 0.29) is 5.56 Å². The summed E-state index contributed by atoms with van der Waals surface area (Å²) in [6.45, 7) is 3.52. The molecule has 0 saturated heterocycles. The van der Waals surface area contributed by atoms with Crippen LogP contribution in [0.1, 0.15) is 36.7 Å². The highest BCUT2D eigenvalue weighted by Gasteiger charge is 2.48. The van der Waals surface area contributed by atoms with Crippen LogP contribution in [0.5, 0.6) is 0 Å². The summed E-state index contributed by atoms with van der Waals surface area (Å²) < 4.78 is 27.1. The number of nitrogens with one attached hydrogen (secondary N) is 3. The van der Waals surface area contributed by atoms with Crippen molar-refractivity contribution in [3.8, 4) is 11.8 Å². The van der Waals surface area contributed by atoms with Crippen molar-refractivity contribution in [2.24, 2.45) is 0 Å². The van der Waals surface area contributed by atoms with Crippen LogP contribution in [-0.2, 0) is 9.59 Å². The van der Waals surface area contributed by atoms with E-state index < -0.39 is 35.7 Å². The topological polar surface area (TPSA) is 108 Å². The van der Waals surface area contributed by atoms with E-state index in [0.717, 1.165) is 13.8 Å². The lowest BCUT2D eigenvalue weighted by Gasteiger charge is -2.36. The smallest absolute Gasteiger partial charge is 0.268 e. The van der Waals surface area contributed by atoms with Gasteiger partial charge in [0.25, 0.3) is 18.2 Å². The molecule has 1 unspecified atom stereocenters. The van der Waals surface area contributed by atoms with E-state index in [2.05, 4.69) is 17.2 Å². The Balaban J connectivity index is 3.16. The first kappa shape index (κ1) is 21.1. The van der Waals surface area contributed by atoms with Crippen molar-refractivity contribution in [1.82, 2.24) is 16.1 Å². The molecule has 0 aliphatic heterocycles. The molecule has 1 aromatic carbocycles. The Hall–Kier alpha value is -2.99. The molecule has 0 fully saturated rings. The van der Waals surface area contributed by atoms with E-state index in [9.17, 15) is 23.2 Å². The van der Waals surface area contributed by atoms with Gasteiger partial charge in [-0.05, 0) is 38.1 Å². The van der Waals surface area contributed by atoms with Crippen LogP contribution in [0, 0.1) is 11.8 Å². The maximum Gasteiger partial charge on any atom is 0.268 e. The van der Waals surface area contributed by atoms with Gasteiger partial charge in [-0.1, -0.05) is 5.92 Å². The second kappa shape index (κ2) is 8.92. The molecule has 4 N–H and O–H groups in total. The molecule has 0 spiro atoms. The summed E-state index contributed by atoms with van der Waals surface area (Å²) in [4.78, 5) is 35.5. The summed E-state index contributed by atoms with van der Waals surface area (Å²) >= 11 is 0. The van der Waals surface area contributed by atoms with E-state index in [1.807, 2.05) is 5.32 Å². The van der Waals surface area contributed by atoms with E-state index in [1.165, 1.54) is 17.6 Å². The third-order valence-corrected chi connectivity index (χ3v) is 3.56. The molecule has 26 heavy (non-hydrogen) atoms. The zero-order chi connectivity index (χ0) is 19.9. The number of halogens is 2. The highest BCUT2D eigenvalue weighted by molar-refractivity contribution is 5.98. The molecule has 2 atom stereocenters. The van der Waals surface area contributed by atoms with Crippen LogP contribution >= 0.6 is 0 Å². The van der Waals surface area contributed by atoms with Crippen molar-refractivity contribution in [3.05, 3.63) is 35.4 Å². The summed E-state index contributed by atoms with van der Waals surface area (Å²) in [5, 5.41) is 12.9. The molecule has 1 aromatic rings. The lowest BCUT2D eigenvalue weighted by molar-refractivity contribution is -0.137. The molecule has 0 radical (unpaired) electrons. The number of amides is 3. The van der Waals surface area contributed by atoms with E-state index in [0.29, 0.717) is 5.56 Å². The largest absolute Gasteiger partial charge is 0.343 e. The van der Waals surface area contributed by atoms with Gasteiger partial charge in [-0.15, -0.1) is 5.92 Å². The van der Waals surface area contributed by atoms with E-state index in [4.69, 9.17) is 5.21 Å². The number of hydroxylamine groups is 1. The predicted molar refractivity (Wildman–Crippen MR) is 88.4 cm³/mol. The Morgan fingerprint density at radius 3 is 2.19 bits per heavy atom. The maximum absolute atomic E-state index is 13.5. The summed E-state index contributed by atoms with van der Waals surface area (Å²) in [6, 6.07) is 3.97. The highest BCUT2D eigenvalue weighted by atomic mass is 19.3. The SMILES string of the molecule is CC#Cc1ccc(C(=O)N[C@H](C(=O)NO)C(C)(NC(C)=O)C(F)F)cc1. The second-order valence-corrected chi connectivity index (χ2v) is 5.60. The highest BCUT2D eigenvalue weighted by Crippen LogP contribution is 2.21. The quantitative estimate of drug-likeness (QED) is 0.339. The van der Waals surface area contributed by atoms with Crippen LogP contribution in [0.4, 0.5) is 8.78 Å². The fourth-order valence-electron chi connectivity index (χ4n) is 2.25. The molecular formula is C17H19F2N3O4. The lowest BCUT2D eigenvalue weighted by atomic mass is 9.91. The molecule has 0 saturated carbocycles. The van der Waals surface area contributed by atoms with Gasteiger partial charge in [-0.3, -0.25) is 19.6 Å². The average Bonchev–Trinajstić information content (AvgIpc) is 2.58. The van der Waals surface area contributed by atoms with Gasteiger partial charge in [-0.25, -0.2) is 14.3 Å². The Labute approximate surface area is 149 Å². The van der Waals surface area contributed by atoms with Crippen molar-refractivity contribution in [2.75, 3.05) is 0 Å². The number of carbonyl (C=O) groups excluding carboxylic acids is 3. The van der Waals surface area contributed by atoms with Crippen molar-refractivity contribution in [1.29, 1.82) is 0 Å². The molecule has 1 rings (SSSR count). The molecule has 0 heterocycles. The fraction of sp³-hybridized carbons (Fsp3) is 0.353. The summed E-state index contributed by atoms with van der Waals surface area (Å²) in [5.41, 5.74) is -0.490. The molecule has 7 nitrogen and oxygen atoms in total. The van der Waals surface area contributed by atoms with Gasteiger partial charge >= 0.3 is 0 Å². The molecular weight excluding hydrogens is 348 g/mol. The van der Waals surface area contributed by atoms with Crippen molar-refractivity contribution >= 4 is 17.7 Å². The summed E-state index contributed by atoms with van der Waals surface area (Å²) in [6.07, 6.45) is -3.21. The van der Waals surface area contributed by atoms with E-state index >= 15 is 0 Å². The molecule has 0 aliphatic carbocycles. The molecule has 3 amide bonds. The van der Waals surface area contributed by atoms with Crippen LogP contribution in [-0.4, -0.2) is 40.9 Å². The Kier molecular flexibility index (Phi) is 7.22. The first-order chi connectivity index (χ1) is 12.2. The van der Waals surface area contributed by atoms with Crippen LogP contribution in [0.3, 0.4) is 0 Å². The average molecular weight is 367 g/mol. The lowest BCUT2D eigenvalue weighted by Crippen LogP contribution is -2.68. The third-order valence-electron chi connectivity index (χ3n) is 3.56. The van der Waals surface area contributed by atoms with Crippen LogP contribution in [0.2, 0.25) is 0 Å². The van der Waals surface area contributed by atoms with Gasteiger partial charge in [-0.2, -0.15) is 0 Å². The number of carbonyl (C=O) groups is 3. The molecule has 140 valence electrons. The van der Waals surface area contributed by atoms with Gasteiger partial charge in [0.05, 0.1) is 0 Å². The third kappa shape index (κ3) is 5.00. The summed E-state index contributed by atoms with van der Waals surface area (Å²) in [5.74, 6) is 2.48. The maximum atomic E-state index is 13.5. The molecule has 9 heteroatoms. The molecule has 0 aromatic heterocycles. The first-order valence-corrected chi connectivity index (χ1v) is 7.50. The first-order valence-electron chi connectivity index (χ1n) is 7.50. The van der Waals surface area contributed by atoms with Crippen LogP contribution in [0.25, 0.3) is 0 Å². The number of benzene rings is 1. The Morgan fingerprint density at radius 2 is 1.77 bits per heavy atom. The Morgan fingerprint density at radius 1 is 1.19 bits per heavy atom. The zero-order valence-corrected chi connectivity index (χ0v) is 14.4. The van der Waals surface area contributed by atoms with Crippen LogP contribution < -0.4 is 16.1 Å². The zero-order valence-electron chi connectivity index (χ0n) is 14.4. The predicted octanol–water partition coefficient (Wildman–Crippen LogP) is 0.822. The van der Waals surface area contributed by atoms with Gasteiger partial charge in [0.15, 0.2) is 0 Å². The standard InChI is InChI=1S/C17H19F2N3O4/c1-4-5-11-6-8-12(9-7-11)14(24)20-13(15(25)22-26)17(3,16(18)19)21-10(2)23/h6-9,13,16,26H,1-3H3,(H,20,24)(H,21,23)(H,22,25)/t13-,17?/m1/s1. The van der Waals surface area contributed by atoms with Crippen molar-refractivity contribution in [3.63, 3.8) is 0 Å². The van der Waals surface area contributed by atoms with E-state index in [1.54, 1.807) is 19.1 Å². The van der Waals surface area contributed by atoms with Gasteiger partial charge in [0.1, 0.15) is 11.6 Å². The fourth-order valence-corrected chi connectivity index (χ4v) is 2.25. The van der Waals surface area contributed by atoms with Crippen molar-refractivity contribution < 1.29 is 28.4 Å². The molecule has 0 aliphatic rings. The molecule has 0 bridgehead atoms. The van der Waals surface area contributed by atoms with Gasteiger partial charge < -0.3 is 10.6 Å². The van der Waals surface area contributed by atoms with Gasteiger partial charge in [0.2, 0.25) is 5.91 Å². The minimum Gasteiger partial charge on any atom is -0.343 e. The number of hydrogen-bond donors (Lipinski definition) is 4. The normalized spacial score (nSPS) is 13.7. The van der Waals surface area contributed by atoms with Crippen LogP contribution in [0.15, 0.2) is 24.3 Å².